The van der Waals surface area contributed by atoms with E-state index in [4.69, 9.17) is 4.74 Å². The Balaban J connectivity index is 2.12. The van der Waals surface area contributed by atoms with Gasteiger partial charge in [-0.3, -0.25) is 4.79 Å². The summed E-state index contributed by atoms with van der Waals surface area (Å²) in [6.07, 6.45) is 0. The molecule has 22 heavy (non-hydrogen) atoms. The number of amidine groups is 2. The Morgan fingerprint density at radius 3 is 2.73 bits per heavy atom. The third kappa shape index (κ3) is 2.20. The molecule has 1 aromatic carbocycles. The number of hydrogen-bond acceptors (Lipinski definition) is 6. The highest BCUT2D eigenvalue weighted by Gasteiger charge is 2.31. The molecule has 0 fully saturated rings. The first kappa shape index (κ1) is 13.8. The smallest absolute Gasteiger partial charge is 0.260 e. The monoisotopic (exact) mass is 295 g/mol. The average Bonchev–Trinajstić information content (AvgIpc) is 2.55. The molecule has 1 aromatic rings. The van der Waals surface area contributed by atoms with Gasteiger partial charge in [0.15, 0.2) is 5.84 Å². The largest absolute Gasteiger partial charge is 0.497 e. The maximum absolute atomic E-state index is 11.5. The van der Waals surface area contributed by atoms with Gasteiger partial charge in [-0.15, -0.1) is 0 Å². The topological polar surface area (TPSA) is 90.1 Å². The second-order valence-corrected chi connectivity index (χ2v) is 4.78. The number of carbonyl (C=O) groups excluding carboxylic acids is 1. The van der Waals surface area contributed by atoms with Crippen molar-refractivity contribution in [2.24, 2.45) is 10.1 Å². The van der Waals surface area contributed by atoms with Crippen molar-refractivity contribution in [3.63, 3.8) is 0 Å². The molecule has 7 heteroatoms. The van der Waals surface area contributed by atoms with Gasteiger partial charge < -0.3 is 9.64 Å². The van der Waals surface area contributed by atoms with Crippen LogP contribution < -0.4 is 10.2 Å². The summed E-state index contributed by atoms with van der Waals surface area (Å²) in [5.41, 5.74) is 4.06. The number of hydrazone groups is 1. The molecular formula is C15H13N5O2. The molecule has 2 heterocycles. The van der Waals surface area contributed by atoms with Gasteiger partial charge in [-0.1, -0.05) is 0 Å². The molecule has 0 aliphatic carbocycles. The Morgan fingerprint density at radius 2 is 2.09 bits per heavy atom. The van der Waals surface area contributed by atoms with Crippen LogP contribution in [0.25, 0.3) is 5.70 Å². The molecule has 1 amide bonds. The minimum Gasteiger partial charge on any atom is -0.497 e. The Morgan fingerprint density at radius 1 is 1.36 bits per heavy atom. The maximum Gasteiger partial charge on any atom is 0.260 e. The minimum atomic E-state index is -0.233. The molecule has 0 aromatic heterocycles. The summed E-state index contributed by atoms with van der Waals surface area (Å²) in [4.78, 5) is 17.6. The molecule has 0 saturated carbocycles. The number of hydrogen-bond donors (Lipinski definition) is 1. The quantitative estimate of drug-likeness (QED) is 0.884. The minimum absolute atomic E-state index is 0.106. The van der Waals surface area contributed by atoms with Crippen LogP contribution in [0.5, 0.6) is 5.75 Å². The van der Waals surface area contributed by atoms with Gasteiger partial charge in [-0.25, -0.2) is 10.4 Å². The molecule has 3 rings (SSSR count). The molecule has 2 aliphatic heterocycles. The van der Waals surface area contributed by atoms with Crippen molar-refractivity contribution < 1.29 is 9.53 Å². The van der Waals surface area contributed by atoms with E-state index in [1.54, 1.807) is 31.1 Å². The number of methoxy groups -OCH3 is 1. The van der Waals surface area contributed by atoms with E-state index in [-0.39, 0.29) is 12.5 Å². The van der Waals surface area contributed by atoms with E-state index in [0.29, 0.717) is 22.9 Å². The fourth-order valence-electron chi connectivity index (χ4n) is 2.33. The Hall–Kier alpha value is -3.14. The van der Waals surface area contributed by atoms with Gasteiger partial charge in [0.05, 0.1) is 12.8 Å². The third-order valence-corrected chi connectivity index (χ3v) is 3.44. The highest BCUT2D eigenvalue weighted by Crippen LogP contribution is 2.28. The van der Waals surface area contributed by atoms with E-state index in [1.165, 1.54) is 0 Å². The number of carbonyl (C=O) groups is 1. The van der Waals surface area contributed by atoms with Crippen molar-refractivity contribution in [3.8, 4) is 11.8 Å². The van der Waals surface area contributed by atoms with Crippen molar-refractivity contribution in [2.45, 2.75) is 6.92 Å². The van der Waals surface area contributed by atoms with Crippen molar-refractivity contribution in [3.05, 3.63) is 35.4 Å². The Labute approximate surface area is 127 Å². The molecule has 0 radical (unpaired) electrons. The van der Waals surface area contributed by atoms with Gasteiger partial charge in [-0.05, 0) is 31.2 Å². The molecule has 1 N–H and O–H groups in total. The van der Waals surface area contributed by atoms with Crippen molar-refractivity contribution in [2.75, 3.05) is 13.7 Å². The number of aliphatic imine (C=N–C) groups is 1. The number of amides is 1. The van der Waals surface area contributed by atoms with Gasteiger partial charge in [0.25, 0.3) is 5.91 Å². The number of benzene rings is 1. The second-order valence-electron chi connectivity index (χ2n) is 4.78. The van der Waals surface area contributed by atoms with Crippen LogP contribution in [0.3, 0.4) is 0 Å². The highest BCUT2D eigenvalue weighted by molar-refractivity contribution is 6.20. The predicted octanol–water partition coefficient (Wildman–Crippen LogP) is 1.11. The van der Waals surface area contributed by atoms with Crippen molar-refractivity contribution in [1.29, 1.82) is 5.26 Å². The van der Waals surface area contributed by atoms with Crippen LogP contribution in [0.2, 0.25) is 0 Å². The highest BCUT2D eigenvalue weighted by atomic mass is 16.5. The summed E-state index contributed by atoms with van der Waals surface area (Å²) in [7, 11) is 1.59. The molecule has 0 saturated heterocycles. The van der Waals surface area contributed by atoms with Crippen LogP contribution in [-0.4, -0.2) is 36.1 Å². The van der Waals surface area contributed by atoms with Gasteiger partial charge in [0, 0.05) is 5.56 Å². The SMILES string of the molecule is COc1ccc(C2=C(C#N)C3=NNC(=O)CN3C(C)=N2)cc1. The van der Waals surface area contributed by atoms with Gasteiger partial charge >= 0.3 is 0 Å². The van der Waals surface area contributed by atoms with E-state index < -0.39 is 0 Å². The van der Waals surface area contributed by atoms with Crippen LogP contribution in [0.4, 0.5) is 0 Å². The zero-order chi connectivity index (χ0) is 15.7. The van der Waals surface area contributed by atoms with Crippen molar-refractivity contribution in [1.82, 2.24) is 10.3 Å². The van der Waals surface area contributed by atoms with Crippen LogP contribution >= 0.6 is 0 Å². The molecule has 0 spiro atoms. The second kappa shape index (κ2) is 5.33. The zero-order valence-electron chi connectivity index (χ0n) is 12.1. The molecule has 0 atom stereocenters. The summed E-state index contributed by atoms with van der Waals surface area (Å²) >= 11 is 0. The summed E-state index contributed by atoms with van der Waals surface area (Å²) in [5, 5.41) is 13.5. The first-order chi connectivity index (χ1) is 10.6. The number of ether oxygens (including phenoxy) is 1. The number of fused-ring (bicyclic) bond motifs is 1. The standard InChI is InChI=1S/C15H13N5O2/c1-9-17-14(10-3-5-11(22-2)6-4-10)12(7-16)15-19-18-13(21)8-20(9)15/h3-6H,8H2,1-2H3,(H,18,21). The summed E-state index contributed by atoms with van der Waals surface area (Å²) in [6.45, 7) is 1.89. The first-order valence-electron chi connectivity index (χ1n) is 6.62. The van der Waals surface area contributed by atoms with Crippen LogP contribution in [0.15, 0.2) is 39.9 Å². The fraction of sp³-hybridized carbons (Fsp3) is 0.200. The van der Waals surface area contributed by atoms with Crippen LogP contribution in [0, 0.1) is 11.3 Å². The summed E-state index contributed by atoms with van der Waals surface area (Å²) in [5.74, 6) is 1.53. The number of rotatable bonds is 2. The lowest BCUT2D eigenvalue weighted by atomic mass is 10.0. The van der Waals surface area contributed by atoms with Gasteiger partial charge in [-0.2, -0.15) is 10.4 Å². The fourth-order valence-corrected chi connectivity index (χ4v) is 2.33. The summed E-state index contributed by atoms with van der Waals surface area (Å²) in [6, 6.07) is 9.41. The van der Waals surface area contributed by atoms with E-state index in [1.807, 2.05) is 12.1 Å². The van der Waals surface area contributed by atoms with Crippen LogP contribution in [0.1, 0.15) is 12.5 Å². The number of nitrogens with zero attached hydrogens (tertiary/aromatic N) is 4. The van der Waals surface area contributed by atoms with Crippen LogP contribution in [-0.2, 0) is 4.79 Å². The molecule has 2 aliphatic rings. The van der Waals surface area contributed by atoms with E-state index in [0.717, 1.165) is 11.3 Å². The molecule has 0 bridgehead atoms. The predicted molar refractivity (Wildman–Crippen MR) is 80.9 cm³/mol. The van der Waals surface area contributed by atoms with Gasteiger partial charge in [0.1, 0.15) is 29.8 Å². The first-order valence-corrected chi connectivity index (χ1v) is 6.62. The lowest BCUT2D eigenvalue weighted by molar-refractivity contribution is -0.121. The van der Waals surface area contributed by atoms with Crippen molar-refractivity contribution >= 4 is 23.3 Å². The lowest BCUT2D eigenvalue weighted by Gasteiger charge is -2.31. The third-order valence-electron chi connectivity index (χ3n) is 3.44. The number of nitriles is 1. The van der Waals surface area contributed by atoms with Gasteiger partial charge in [0.2, 0.25) is 0 Å². The Kier molecular flexibility index (Phi) is 3.35. The Bertz CT molecular complexity index is 768. The van der Waals surface area contributed by atoms with E-state index >= 15 is 0 Å². The lowest BCUT2D eigenvalue weighted by Crippen LogP contribution is -2.49. The zero-order valence-corrected chi connectivity index (χ0v) is 12.1. The average molecular weight is 295 g/mol. The van der Waals surface area contributed by atoms with E-state index in [9.17, 15) is 10.1 Å². The maximum atomic E-state index is 11.5. The number of nitrogens with one attached hydrogen (secondary N) is 1. The molecular weight excluding hydrogens is 282 g/mol. The molecule has 7 nitrogen and oxygen atoms in total. The van der Waals surface area contributed by atoms with E-state index in [2.05, 4.69) is 21.6 Å². The normalized spacial score (nSPS) is 17.1. The summed E-state index contributed by atoms with van der Waals surface area (Å²) < 4.78 is 5.13. The molecule has 0 unspecified atom stereocenters. The molecule has 110 valence electrons.